The Hall–Kier alpha value is -2.54. The molecular weight excluding hydrogens is 439 g/mol. The molecule has 0 saturated heterocycles. The van der Waals surface area contributed by atoms with Gasteiger partial charge in [-0.3, -0.25) is 10.1 Å². The molecule has 0 radical (unpaired) electrons. The Balaban J connectivity index is 1.84. The zero-order valence-electron chi connectivity index (χ0n) is 15.2. The maximum Gasteiger partial charge on any atom is 0.345 e. The Morgan fingerprint density at radius 3 is 2.34 bits per heavy atom. The maximum atomic E-state index is 12.4. The predicted molar refractivity (Wildman–Crippen MR) is 112 cm³/mol. The Kier molecular flexibility index (Phi) is 6.79. The molecule has 0 bridgehead atoms. The number of esters is 1. The molecule has 3 aromatic rings. The van der Waals surface area contributed by atoms with Crippen molar-refractivity contribution in [3.8, 4) is 11.3 Å². The minimum Gasteiger partial charge on any atom is -0.465 e. The fourth-order valence-electron chi connectivity index (χ4n) is 2.66. The number of amides is 1. The molecule has 0 aliphatic carbocycles. The first kappa shape index (κ1) is 21.2. The number of hydrogen-bond donors (Lipinski definition) is 1. The minimum atomic E-state index is -0.745. The lowest BCUT2D eigenvalue weighted by Gasteiger charge is -2.07. The number of anilines is 1. The maximum absolute atomic E-state index is 12.4. The van der Waals surface area contributed by atoms with E-state index in [0.717, 1.165) is 5.56 Å². The molecule has 150 valence electrons. The number of ether oxygens (including phenoxy) is 1. The Morgan fingerprint density at radius 2 is 1.72 bits per heavy atom. The second kappa shape index (κ2) is 9.31. The van der Waals surface area contributed by atoms with Crippen LogP contribution in [0, 0.1) is 0 Å². The first-order valence-electron chi connectivity index (χ1n) is 8.47. The zero-order valence-corrected chi connectivity index (χ0v) is 17.4. The molecule has 1 heterocycles. The van der Waals surface area contributed by atoms with Gasteiger partial charge in [-0.15, -0.1) is 0 Å². The summed E-state index contributed by atoms with van der Waals surface area (Å²) in [7, 11) is 1.21. The largest absolute Gasteiger partial charge is 0.465 e. The molecule has 1 N–H and O–H groups in total. The van der Waals surface area contributed by atoms with E-state index in [2.05, 4.69) is 10.5 Å². The van der Waals surface area contributed by atoms with Gasteiger partial charge in [0.05, 0.1) is 17.2 Å². The van der Waals surface area contributed by atoms with Gasteiger partial charge in [0, 0.05) is 17.0 Å². The van der Waals surface area contributed by atoms with Crippen LogP contribution in [0.1, 0.15) is 22.3 Å². The van der Waals surface area contributed by atoms with E-state index in [-0.39, 0.29) is 39.5 Å². The van der Waals surface area contributed by atoms with Crippen LogP contribution in [0.2, 0.25) is 15.1 Å². The van der Waals surface area contributed by atoms with Crippen molar-refractivity contribution < 1.29 is 18.8 Å². The molecule has 0 saturated carbocycles. The number of carbonyl (C=O) groups is 2. The van der Waals surface area contributed by atoms with Crippen LogP contribution in [0.3, 0.4) is 0 Å². The monoisotopic (exact) mass is 452 g/mol. The average Bonchev–Trinajstić information content (AvgIpc) is 3.10. The van der Waals surface area contributed by atoms with Crippen molar-refractivity contribution in [2.75, 3.05) is 12.4 Å². The molecule has 0 aliphatic heterocycles. The molecule has 3 rings (SSSR count). The summed E-state index contributed by atoms with van der Waals surface area (Å²) in [6.07, 6.45) is 0.638. The minimum absolute atomic E-state index is 0.0673. The van der Waals surface area contributed by atoms with Gasteiger partial charge in [0.2, 0.25) is 11.8 Å². The SMILES string of the molecule is COC(=O)c1c(-c2c(Cl)cccc2Cl)noc1NC(=O)CCc1ccc(Cl)cc1. The van der Waals surface area contributed by atoms with Crippen molar-refractivity contribution >= 4 is 52.6 Å². The summed E-state index contributed by atoms with van der Waals surface area (Å²) in [5, 5.41) is 7.61. The number of nitrogens with zero attached hydrogens (tertiary/aromatic N) is 1. The highest BCUT2D eigenvalue weighted by Crippen LogP contribution is 2.38. The van der Waals surface area contributed by atoms with E-state index < -0.39 is 5.97 Å². The number of rotatable bonds is 6. The van der Waals surface area contributed by atoms with Crippen LogP contribution in [-0.4, -0.2) is 24.1 Å². The van der Waals surface area contributed by atoms with Gasteiger partial charge in [-0.1, -0.05) is 58.2 Å². The zero-order chi connectivity index (χ0) is 21.0. The van der Waals surface area contributed by atoms with Crippen molar-refractivity contribution in [1.29, 1.82) is 0 Å². The Labute approximate surface area is 181 Å². The highest BCUT2D eigenvalue weighted by Gasteiger charge is 2.28. The summed E-state index contributed by atoms with van der Waals surface area (Å²) >= 11 is 18.3. The third kappa shape index (κ3) is 4.90. The van der Waals surface area contributed by atoms with Crippen LogP contribution >= 0.6 is 34.8 Å². The summed E-state index contributed by atoms with van der Waals surface area (Å²) in [4.78, 5) is 24.7. The standard InChI is InChI=1S/C20H15Cl3N2O4/c1-28-20(27)17-18(16-13(22)3-2-4-14(16)23)25-29-19(17)24-15(26)10-7-11-5-8-12(21)9-6-11/h2-6,8-9H,7,10H2,1H3,(H,24,26). The number of halogens is 3. The first-order valence-corrected chi connectivity index (χ1v) is 9.60. The molecule has 9 heteroatoms. The van der Waals surface area contributed by atoms with E-state index in [9.17, 15) is 9.59 Å². The van der Waals surface area contributed by atoms with Crippen molar-refractivity contribution in [2.24, 2.45) is 0 Å². The third-order valence-corrected chi connectivity index (χ3v) is 4.97. The average molecular weight is 454 g/mol. The second-order valence-corrected chi connectivity index (χ2v) is 7.25. The van der Waals surface area contributed by atoms with Gasteiger partial charge in [0.15, 0.2) is 5.56 Å². The first-order chi connectivity index (χ1) is 13.9. The molecule has 0 fully saturated rings. The molecule has 0 unspecified atom stereocenters. The van der Waals surface area contributed by atoms with Gasteiger partial charge >= 0.3 is 5.97 Å². The van der Waals surface area contributed by atoms with E-state index in [1.54, 1.807) is 30.3 Å². The molecule has 0 atom stereocenters. The van der Waals surface area contributed by atoms with Gasteiger partial charge in [0.1, 0.15) is 5.69 Å². The molecule has 1 amide bonds. The Morgan fingerprint density at radius 1 is 1.07 bits per heavy atom. The normalized spacial score (nSPS) is 10.6. The third-order valence-electron chi connectivity index (χ3n) is 4.09. The van der Waals surface area contributed by atoms with E-state index in [1.165, 1.54) is 7.11 Å². The molecule has 0 spiro atoms. The van der Waals surface area contributed by atoms with Crippen LogP contribution in [0.5, 0.6) is 0 Å². The summed E-state index contributed by atoms with van der Waals surface area (Å²) in [6, 6.07) is 12.0. The smallest absolute Gasteiger partial charge is 0.345 e. The van der Waals surface area contributed by atoms with Gasteiger partial charge in [0.25, 0.3) is 0 Å². The van der Waals surface area contributed by atoms with Gasteiger partial charge in [-0.05, 0) is 36.2 Å². The molecule has 29 heavy (non-hydrogen) atoms. The molecule has 0 aliphatic rings. The fourth-order valence-corrected chi connectivity index (χ4v) is 3.36. The van der Waals surface area contributed by atoms with E-state index in [4.69, 9.17) is 44.1 Å². The van der Waals surface area contributed by atoms with Crippen LogP contribution in [0.15, 0.2) is 47.0 Å². The summed E-state index contributed by atoms with van der Waals surface area (Å²) in [5.41, 5.74) is 1.27. The lowest BCUT2D eigenvalue weighted by Crippen LogP contribution is -2.15. The fraction of sp³-hybridized carbons (Fsp3) is 0.150. The Bertz CT molecular complexity index is 1030. The number of carbonyl (C=O) groups excluding carboxylic acids is 2. The highest BCUT2D eigenvalue weighted by molar-refractivity contribution is 6.39. The quantitative estimate of drug-likeness (QED) is 0.487. The number of benzene rings is 2. The molecular formula is C20H15Cl3N2O4. The van der Waals surface area contributed by atoms with Crippen LogP contribution < -0.4 is 5.32 Å². The van der Waals surface area contributed by atoms with Gasteiger partial charge in [-0.25, -0.2) is 4.79 Å². The van der Waals surface area contributed by atoms with Crippen molar-refractivity contribution in [1.82, 2.24) is 5.16 Å². The second-order valence-electron chi connectivity index (χ2n) is 6.00. The van der Waals surface area contributed by atoms with Gasteiger partial charge < -0.3 is 9.26 Å². The van der Waals surface area contributed by atoms with Crippen molar-refractivity contribution in [2.45, 2.75) is 12.8 Å². The molecule has 6 nitrogen and oxygen atoms in total. The predicted octanol–water partition coefficient (Wildman–Crippen LogP) is 5.66. The van der Waals surface area contributed by atoms with E-state index >= 15 is 0 Å². The number of aryl methyl sites for hydroxylation is 1. The number of aromatic nitrogens is 1. The number of nitrogens with one attached hydrogen (secondary N) is 1. The lowest BCUT2D eigenvalue weighted by atomic mass is 10.1. The van der Waals surface area contributed by atoms with Crippen molar-refractivity contribution in [3.63, 3.8) is 0 Å². The number of methoxy groups -OCH3 is 1. The summed E-state index contributed by atoms with van der Waals surface area (Å²) in [5.74, 6) is -1.24. The summed E-state index contributed by atoms with van der Waals surface area (Å²) in [6.45, 7) is 0. The molecule has 2 aromatic carbocycles. The molecule has 1 aromatic heterocycles. The van der Waals surface area contributed by atoms with E-state index in [0.29, 0.717) is 17.0 Å². The van der Waals surface area contributed by atoms with Crippen LogP contribution in [0.25, 0.3) is 11.3 Å². The van der Waals surface area contributed by atoms with Crippen molar-refractivity contribution in [3.05, 3.63) is 68.7 Å². The lowest BCUT2D eigenvalue weighted by molar-refractivity contribution is -0.116. The number of hydrogen-bond acceptors (Lipinski definition) is 5. The van der Waals surface area contributed by atoms with Crippen LogP contribution in [0.4, 0.5) is 5.88 Å². The topological polar surface area (TPSA) is 81.4 Å². The highest BCUT2D eigenvalue weighted by atomic mass is 35.5. The summed E-state index contributed by atoms with van der Waals surface area (Å²) < 4.78 is 10.0. The van der Waals surface area contributed by atoms with Crippen LogP contribution in [-0.2, 0) is 16.0 Å². The van der Waals surface area contributed by atoms with Gasteiger partial charge in [-0.2, -0.15) is 0 Å². The van der Waals surface area contributed by atoms with E-state index in [1.807, 2.05) is 12.1 Å².